The number of fused-ring (bicyclic) bond motifs is 2. The van der Waals surface area contributed by atoms with Crippen LogP contribution in [0.3, 0.4) is 0 Å². The monoisotopic (exact) mass is 553 g/mol. The molecule has 4 heterocycles. The normalized spacial score (nSPS) is 30.8. The third kappa shape index (κ3) is 4.57. The van der Waals surface area contributed by atoms with Gasteiger partial charge in [-0.15, -0.1) is 11.8 Å². The number of aliphatic hydroxyl groups is 1. The Morgan fingerprint density at radius 2 is 1.82 bits per heavy atom. The van der Waals surface area contributed by atoms with Gasteiger partial charge in [-0.1, -0.05) is 45.1 Å². The Morgan fingerprint density at radius 3 is 2.46 bits per heavy atom. The number of hydrogen-bond acceptors (Lipinski definition) is 6. The molecule has 4 aliphatic heterocycles. The quantitative estimate of drug-likeness (QED) is 0.498. The molecule has 0 bridgehead atoms. The van der Waals surface area contributed by atoms with Crippen molar-refractivity contribution in [1.82, 2.24) is 9.80 Å². The Balaban J connectivity index is 1.62. The van der Waals surface area contributed by atoms with E-state index in [9.17, 15) is 19.5 Å². The van der Waals surface area contributed by atoms with Gasteiger partial charge in [0.2, 0.25) is 11.8 Å². The van der Waals surface area contributed by atoms with Gasteiger partial charge in [0.25, 0.3) is 5.91 Å². The molecule has 1 unspecified atom stereocenters. The van der Waals surface area contributed by atoms with Crippen LogP contribution in [-0.4, -0.2) is 88.1 Å². The molecule has 5 rings (SSSR count). The molecule has 6 atom stereocenters. The van der Waals surface area contributed by atoms with Crippen molar-refractivity contribution in [2.24, 2.45) is 17.8 Å². The molecule has 2 fully saturated rings. The number of benzene rings is 1. The van der Waals surface area contributed by atoms with Crippen LogP contribution in [0.25, 0.3) is 0 Å². The fourth-order valence-electron chi connectivity index (χ4n) is 6.81. The van der Waals surface area contributed by atoms with Crippen LogP contribution < -0.4 is 9.64 Å². The molecule has 0 radical (unpaired) electrons. The zero-order valence-electron chi connectivity index (χ0n) is 23.2. The molecule has 3 amide bonds. The van der Waals surface area contributed by atoms with Crippen LogP contribution in [0.4, 0.5) is 5.69 Å². The minimum absolute atomic E-state index is 0.0170. The van der Waals surface area contributed by atoms with Gasteiger partial charge in [-0.2, -0.15) is 0 Å². The second kappa shape index (κ2) is 11.0. The number of carbonyl (C=O) groups excluding carboxylic acids is 3. The fraction of sp³-hybridized carbons (Fsp3) is 0.567. The smallest absolute Gasteiger partial charge is 0.251 e. The summed E-state index contributed by atoms with van der Waals surface area (Å²) in [5.41, 5.74) is 0.713. The third-order valence-electron chi connectivity index (χ3n) is 8.41. The van der Waals surface area contributed by atoms with Gasteiger partial charge in [0.1, 0.15) is 11.8 Å². The zero-order valence-corrected chi connectivity index (χ0v) is 24.0. The fourth-order valence-corrected chi connectivity index (χ4v) is 8.80. The lowest BCUT2D eigenvalue weighted by molar-refractivity contribution is -0.144. The van der Waals surface area contributed by atoms with Crippen molar-refractivity contribution in [2.45, 2.75) is 55.7 Å². The molecular weight excluding hydrogens is 514 g/mol. The van der Waals surface area contributed by atoms with Crippen LogP contribution in [0, 0.1) is 17.8 Å². The number of likely N-dealkylation sites (tertiary alicyclic amines) is 1. The number of nitrogens with zero attached hydrogens (tertiary/aromatic N) is 3. The van der Waals surface area contributed by atoms with Gasteiger partial charge in [0.05, 0.1) is 36.3 Å². The lowest BCUT2D eigenvalue weighted by Gasteiger charge is -2.39. The predicted molar refractivity (Wildman–Crippen MR) is 153 cm³/mol. The second-order valence-corrected chi connectivity index (χ2v) is 12.8. The second-order valence-electron chi connectivity index (χ2n) is 11.3. The van der Waals surface area contributed by atoms with Crippen molar-refractivity contribution in [1.29, 1.82) is 0 Å². The lowest BCUT2D eigenvalue weighted by Crippen LogP contribution is -2.57. The average Bonchev–Trinajstić information content (AvgIpc) is 3.25. The number of carbonyl (C=O) groups is 3. The van der Waals surface area contributed by atoms with Crippen LogP contribution >= 0.6 is 11.8 Å². The van der Waals surface area contributed by atoms with Crippen molar-refractivity contribution >= 4 is 35.2 Å². The largest absolute Gasteiger partial charge is 0.497 e. The molecule has 1 spiro atoms. The minimum atomic E-state index is -0.898. The molecule has 0 aromatic heterocycles. The summed E-state index contributed by atoms with van der Waals surface area (Å²) in [6.07, 6.45) is 9.48. The van der Waals surface area contributed by atoms with Gasteiger partial charge < -0.3 is 24.5 Å². The van der Waals surface area contributed by atoms with Gasteiger partial charge in [-0.25, -0.2) is 0 Å². The lowest BCUT2D eigenvalue weighted by atomic mass is 9.78. The minimum Gasteiger partial charge on any atom is -0.497 e. The van der Waals surface area contributed by atoms with Gasteiger partial charge in [-0.3, -0.25) is 14.4 Å². The summed E-state index contributed by atoms with van der Waals surface area (Å²) in [4.78, 5) is 48.2. The Hall–Kier alpha value is -2.78. The summed E-state index contributed by atoms with van der Waals surface area (Å²) in [5.74, 6) is -0.729. The summed E-state index contributed by atoms with van der Waals surface area (Å²) in [6.45, 7) is 7.42. The van der Waals surface area contributed by atoms with E-state index >= 15 is 0 Å². The number of methoxy groups -OCH3 is 1. The zero-order chi connectivity index (χ0) is 27.9. The maximum absolute atomic E-state index is 14.6. The molecule has 210 valence electrons. The van der Waals surface area contributed by atoms with Crippen molar-refractivity contribution in [3.8, 4) is 5.75 Å². The molecule has 0 aliphatic carbocycles. The van der Waals surface area contributed by atoms with E-state index in [-0.39, 0.29) is 35.5 Å². The van der Waals surface area contributed by atoms with E-state index in [4.69, 9.17) is 4.74 Å². The van der Waals surface area contributed by atoms with E-state index in [0.717, 1.165) is 6.42 Å². The van der Waals surface area contributed by atoms with E-state index in [1.165, 1.54) is 0 Å². The van der Waals surface area contributed by atoms with Crippen molar-refractivity contribution in [2.75, 3.05) is 38.3 Å². The Bertz CT molecular complexity index is 1170. The first-order valence-electron chi connectivity index (χ1n) is 14.0. The molecule has 8 nitrogen and oxygen atoms in total. The summed E-state index contributed by atoms with van der Waals surface area (Å²) < 4.78 is 4.41. The number of hydrogen-bond donors (Lipinski definition) is 1. The highest BCUT2D eigenvalue weighted by molar-refractivity contribution is 8.02. The van der Waals surface area contributed by atoms with Crippen LogP contribution in [0.5, 0.6) is 5.75 Å². The van der Waals surface area contributed by atoms with E-state index in [0.29, 0.717) is 37.5 Å². The Kier molecular flexibility index (Phi) is 7.84. The number of rotatable bonds is 8. The standard InChI is InChI=1S/C30H39N3O5S/c1-5-14-31-15-6-8-23-24(27(31)35)25-28(36)33(21(18-34)17-19(2)3)26-29(37)32(16-7-13-30(25,26)39-23)20-9-11-22(38-4)12-10-20/h6-13,19,21,23-26,34H,5,14-18H2,1-4H3/t21-,23+,24-,25+,26?,30+/m1/s1. The van der Waals surface area contributed by atoms with Gasteiger partial charge in [-0.05, 0) is 43.0 Å². The molecule has 2 saturated heterocycles. The summed E-state index contributed by atoms with van der Waals surface area (Å²) >= 11 is 1.58. The number of thioether (sulfide) groups is 1. The van der Waals surface area contributed by atoms with Crippen molar-refractivity contribution in [3.63, 3.8) is 0 Å². The molecular formula is C30H39N3O5S. The molecule has 39 heavy (non-hydrogen) atoms. The maximum atomic E-state index is 14.6. The SMILES string of the molecule is CCCN1CC=C[C@@H]2S[C@]34C=CCN(c5ccc(OC)cc5)C(=O)C3N([C@@H](CO)CC(C)C)C(=O)[C@@H]4[C@@H]2C1=O. The first kappa shape index (κ1) is 27.8. The number of ether oxygens (including phenoxy) is 1. The van der Waals surface area contributed by atoms with E-state index < -0.39 is 28.7 Å². The highest BCUT2D eigenvalue weighted by Crippen LogP contribution is 2.61. The van der Waals surface area contributed by atoms with Crippen LogP contribution in [-0.2, 0) is 14.4 Å². The molecule has 0 saturated carbocycles. The summed E-state index contributed by atoms with van der Waals surface area (Å²) in [7, 11) is 1.60. The van der Waals surface area contributed by atoms with Crippen LogP contribution in [0.1, 0.15) is 33.6 Å². The first-order valence-corrected chi connectivity index (χ1v) is 14.8. The maximum Gasteiger partial charge on any atom is 0.251 e. The highest BCUT2D eigenvalue weighted by Gasteiger charge is 2.71. The van der Waals surface area contributed by atoms with Gasteiger partial charge in [0.15, 0.2) is 0 Å². The topological polar surface area (TPSA) is 90.4 Å². The molecule has 1 N–H and O–H groups in total. The molecule has 1 aromatic carbocycles. The average molecular weight is 554 g/mol. The number of aliphatic hydroxyl groups excluding tert-OH is 1. The molecule has 9 heteroatoms. The summed E-state index contributed by atoms with van der Waals surface area (Å²) in [6, 6.07) is 5.98. The molecule has 4 aliphatic rings. The number of anilines is 1. The predicted octanol–water partition coefficient (Wildman–Crippen LogP) is 3.11. The van der Waals surface area contributed by atoms with E-state index in [1.54, 1.807) is 28.7 Å². The van der Waals surface area contributed by atoms with Crippen molar-refractivity contribution in [3.05, 3.63) is 48.6 Å². The third-order valence-corrected chi connectivity index (χ3v) is 10.1. The molecule has 1 aromatic rings. The Morgan fingerprint density at radius 1 is 1.08 bits per heavy atom. The highest BCUT2D eigenvalue weighted by atomic mass is 32.2. The van der Waals surface area contributed by atoms with Crippen LogP contribution in [0.15, 0.2) is 48.6 Å². The van der Waals surface area contributed by atoms with E-state index in [1.807, 2.05) is 68.2 Å². The first-order chi connectivity index (χ1) is 18.8. The Labute approximate surface area is 235 Å². The van der Waals surface area contributed by atoms with Gasteiger partial charge >= 0.3 is 0 Å². The van der Waals surface area contributed by atoms with Gasteiger partial charge in [0, 0.05) is 30.6 Å². The van der Waals surface area contributed by atoms with E-state index in [2.05, 4.69) is 6.08 Å². The number of amides is 3. The van der Waals surface area contributed by atoms with Crippen LogP contribution in [0.2, 0.25) is 0 Å². The summed E-state index contributed by atoms with van der Waals surface area (Å²) in [5, 5.41) is 10.3. The van der Waals surface area contributed by atoms with Crippen molar-refractivity contribution < 1.29 is 24.2 Å².